The lowest BCUT2D eigenvalue weighted by Crippen LogP contribution is -2.52. The van der Waals surface area contributed by atoms with Crippen LogP contribution in [0.15, 0.2) is 6.07 Å². The van der Waals surface area contributed by atoms with Crippen molar-refractivity contribution in [3.63, 3.8) is 0 Å². The van der Waals surface area contributed by atoms with Crippen LogP contribution in [0.2, 0.25) is 0 Å². The van der Waals surface area contributed by atoms with Gasteiger partial charge in [-0.25, -0.2) is 4.98 Å². The van der Waals surface area contributed by atoms with E-state index < -0.39 is 0 Å². The first kappa shape index (κ1) is 14.3. The third-order valence-electron chi connectivity index (χ3n) is 4.79. The van der Waals surface area contributed by atoms with Crippen LogP contribution in [0.25, 0.3) is 0 Å². The van der Waals surface area contributed by atoms with Crippen LogP contribution in [-0.2, 0) is 12.8 Å². The van der Waals surface area contributed by atoms with Crippen molar-refractivity contribution in [3.8, 4) is 0 Å². The Hall–Kier alpha value is -1.62. The highest BCUT2D eigenvalue weighted by Gasteiger charge is 2.27. The van der Waals surface area contributed by atoms with Gasteiger partial charge in [0.15, 0.2) is 0 Å². The molecule has 1 aliphatic carbocycles. The predicted molar refractivity (Wildman–Crippen MR) is 86.2 cm³/mol. The second-order valence-electron chi connectivity index (χ2n) is 6.16. The molecule has 2 heterocycles. The summed E-state index contributed by atoms with van der Waals surface area (Å²) in [6.45, 7) is 8.53. The van der Waals surface area contributed by atoms with Gasteiger partial charge in [0.25, 0.3) is 0 Å². The molecule has 0 radical (unpaired) electrons. The molecule has 0 amide bonds. The van der Waals surface area contributed by atoms with Gasteiger partial charge in [0, 0.05) is 31.4 Å². The maximum Gasteiger partial charge on any atom is 0.139 e. The number of nitrogens with zero attached hydrogens (tertiary/aromatic N) is 3. The zero-order valence-corrected chi connectivity index (χ0v) is 13.0. The first-order chi connectivity index (χ1) is 10.1. The molecule has 0 saturated carbocycles. The van der Waals surface area contributed by atoms with E-state index in [1.807, 2.05) is 0 Å². The fourth-order valence-corrected chi connectivity index (χ4v) is 3.56. The third kappa shape index (κ3) is 2.62. The minimum atomic E-state index is 0.137. The summed E-state index contributed by atoms with van der Waals surface area (Å²) in [6, 6.07) is 2.61. The fraction of sp³-hybridized carbons (Fsp3) is 0.625. The quantitative estimate of drug-likeness (QED) is 0.651. The molecule has 1 atom stereocenters. The first-order valence-electron chi connectivity index (χ1n) is 7.96. The Morgan fingerprint density at radius 2 is 2.24 bits per heavy atom. The molecule has 1 aromatic heterocycles. The summed E-state index contributed by atoms with van der Waals surface area (Å²) < 4.78 is 0. The van der Waals surface area contributed by atoms with Gasteiger partial charge in [-0.3, -0.25) is 10.3 Å². The number of piperazine rings is 1. The Morgan fingerprint density at radius 3 is 2.90 bits per heavy atom. The Bertz CT molecular complexity index is 554. The molecule has 3 N–H and O–H groups in total. The summed E-state index contributed by atoms with van der Waals surface area (Å²) in [5.74, 6) is 1.06. The summed E-state index contributed by atoms with van der Waals surface area (Å²) in [6.07, 6.45) is 3.30. The summed E-state index contributed by atoms with van der Waals surface area (Å²) in [4.78, 5) is 9.67. The smallest absolute Gasteiger partial charge is 0.139 e. The number of aryl methyl sites for hydroxylation is 2. The average Bonchev–Trinajstić information content (AvgIpc) is 2.93. The van der Waals surface area contributed by atoms with Gasteiger partial charge in [0.2, 0.25) is 0 Å². The number of nitrogens with two attached hydrogens (primary N) is 1. The predicted octanol–water partition coefficient (Wildman–Crippen LogP) is 1.38. The lowest BCUT2D eigenvalue weighted by molar-refractivity contribution is 0.199. The van der Waals surface area contributed by atoms with Crippen LogP contribution >= 0.6 is 0 Å². The molecule has 0 bridgehead atoms. The molecule has 21 heavy (non-hydrogen) atoms. The van der Waals surface area contributed by atoms with E-state index in [0.29, 0.717) is 6.04 Å². The molecule has 5 heteroatoms. The highest BCUT2D eigenvalue weighted by atomic mass is 15.3. The second-order valence-corrected chi connectivity index (χ2v) is 6.16. The first-order valence-corrected chi connectivity index (χ1v) is 7.96. The summed E-state index contributed by atoms with van der Waals surface area (Å²) in [5.41, 5.74) is 9.11. The summed E-state index contributed by atoms with van der Waals surface area (Å²) in [5, 5.41) is 7.88. The lowest BCUT2D eigenvalue weighted by Gasteiger charge is -2.40. The molecule has 0 spiro atoms. The van der Waals surface area contributed by atoms with Crippen molar-refractivity contribution in [3.05, 3.63) is 22.9 Å². The molecule has 1 aliphatic heterocycles. The third-order valence-corrected chi connectivity index (χ3v) is 4.79. The number of nitrogens with one attached hydrogen (secondary N) is 1. The van der Waals surface area contributed by atoms with Crippen molar-refractivity contribution >= 4 is 11.7 Å². The van der Waals surface area contributed by atoms with Gasteiger partial charge in [-0.1, -0.05) is 6.92 Å². The van der Waals surface area contributed by atoms with Crippen LogP contribution in [0.1, 0.15) is 37.1 Å². The number of fused-ring (bicyclic) bond motifs is 1. The topological polar surface area (TPSA) is 69.2 Å². The SMILES string of the molecule is CCN1CCN(c2nc3c(cc2C(=N)N)CCC3)CC1C. The molecule has 2 aliphatic rings. The molecule has 0 aromatic carbocycles. The number of anilines is 1. The molecule has 5 nitrogen and oxygen atoms in total. The number of aromatic nitrogens is 1. The summed E-state index contributed by atoms with van der Waals surface area (Å²) in [7, 11) is 0. The van der Waals surface area contributed by atoms with E-state index >= 15 is 0 Å². The van der Waals surface area contributed by atoms with E-state index in [9.17, 15) is 0 Å². The number of hydrogen-bond acceptors (Lipinski definition) is 4. The van der Waals surface area contributed by atoms with E-state index in [-0.39, 0.29) is 5.84 Å². The van der Waals surface area contributed by atoms with Crippen molar-refractivity contribution in [2.24, 2.45) is 5.73 Å². The van der Waals surface area contributed by atoms with Gasteiger partial charge < -0.3 is 10.6 Å². The minimum absolute atomic E-state index is 0.137. The van der Waals surface area contributed by atoms with Crippen molar-refractivity contribution in [1.29, 1.82) is 5.41 Å². The summed E-state index contributed by atoms with van der Waals surface area (Å²) >= 11 is 0. The Morgan fingerprint density at radius 1 is 1.43 bits per heavy atom. The maximum absolute atomic E-state index is 7.88. The Kier molecular flexibility index (Phi) is 3.85. The number of nitrogen functional groups attached to an aromatic ring is 1. The number of hydrogen-bond donors (Lipinski definition) is 2. The maximum atomic E-state index is 7.88. The molecular weight excluding hydrogens is 262 g/mol. The molecule has 1 unspecified atom stereocenters. The van der Waals surface area contributed by atoms with E-state index in [1.54, 1.807) is 0 Å². The molecule has 1 aromatic rings. The van der Waals surface area contributed by atoms with Crippen LogP contribution in [-0.4, -0.2) is 47.9 Å². The van der Waals surface area contributed by atoms with E-state index in [2.05, 4.69) is 29.7 Å². The number of likely N-dealkylation sites (N-methyl/N-ethyl adjacent to an activating group) is 1. The Labute approximate surface area is 126 Å². The van der Waals surface area contributed by atoms with Crippen molar-refractivity contribution in [1.82, 2.24) is 9.88 Å². The lowest BCUT2D eigenvalue weighted by atomic mass is 10.1. The number of rotatable bonds is 3. The van der Waals surface area contributed by atoms with Crippen LogP contribution in [0, 0.1) is 5.41 Å². The van der Waals surface area contributed by atoms with Gasteiger partial charge in [0.05, 0.1) is 5.56 Å². The van der Waals surface area contributed by atoms with Gasteiger partial charge in [-0.15, -0.1) is 0 Å². The van der Waals surface area contributed by atoms with Crippen molar-refractivity contribution in [2.75, 3.05) is 31.1 Å². The molecule has 1 fully saturated rings. The number of pyridine rings is 1. The molecule has 3 rings (SSSR count). The normalized spacial score (nSPS) is 22.4. The monoisotopic (exact) mass is 287 g/mol. The highest BCUT2D eigenvalue weighted by Crippen LogP contribution is 2.28. The van der Waals surface area contributed by atoms with E-state index in [0.717, 1.165) is 50.4 Å². The fourth-order valence-electron chi connectivity index (χ4n) is 3.56. The van der Waals surface area contributed by atoms with Gasteiger partial charge in [-0.05, 0) is 44.4 Å². The zero-order valence-electron chi connectivity index (χ0n) is 13.0. The van der Waals surface area contributed by atoms with Gasteiger partial charge >= 0.3 is 0 Å². The van der Waals surface area contributed by atoms with E-state index in [1.165, 1.54) is 17.7 Å². The van der Waals surface area contributed by atoms with Crippen LogP contribution in [0.4, 0.5) is 5.82 Å². The van der Waals surface area contributed by atoms with Crippen LogP contribution in [0.5, 0.6) is 0 Å². The molecule has 1 saturated heterocycles. The highest BCUT2D eigenvalue weighted by molar-refractivity contribution is 6.00. The van der Waals surface area contributed by atoms with E-state index in [4.69, 9.17) is 16.1 Å². The second kappa shape index (κ2) is 5.64. The average molecular weight is 287 g/mol. The van der Waals surface area contributed by atoms with Crippen LogP contribution in [0.3, 0.4) is 0 Å². The van der Waals surface area contributed by atoms with Crippen molar-refractivity contribution in [2.45, 2.75) is 39.2 Å². The van der Waals surface area contributed by atoms with Crippen LogP contribution < -0.4 is 10.6 Å². The minimum Gasteiger partial charge on any atom is -0.384 e. The zero-order chi connectivity index (χ0) is 15.0. The molecule has 114 valence electrons. The molecular formula is C16H25N5. The van der Waals surface area contributed by atoms with Gasteiger partial charge in [-0.2, -0.15) is 0 Å². The number of amidine groups is 1. The Balaban J connectivity index is 1.93. The largest absolute Gasteiger partial charge is 0.384 e. The van der Waals surface area contributed by atoms with Crippen molar-refractivity contribution < 1.29 is 0 Å². The standard InChI is InChI=1S/C16H25N5/c1-3-20-7-8-21(10-11(20)2)16-13(15(17)18)9-12-5-4-6-14(12)19-16/h9,11H,3-8,10H2,1-2H3,(H3,17,18). The van der Waals surface area contributed by atoms with Gasteiger partial charge in [0.1, 0.15) is 11.7 Å².